The van der Waals surface area contributed by atoms with Crippen molar-refractivity contribution in [2.45, 2.75) is 38.2 Å². The summed E-state index contributed by atoms with van der Waals surface area (Å²) in [5, 5.41) is 13.4. The Hall–Kier alpha value is -1.36. The van der Waals surface area contributed by atoms with E-state index in [9.17, 15) is 5.11 Å². The Kier molecular flexibility index (Phi) is 3.31. The molecule has 0 aromatic carbocycles. The van der Waals surface area contributed by atoms with E-state index in [0.29, 0.717) is 0 Å². The minimum Gasteiger partial charge on any atom is -0.392 e. The van der Waals surface area contributed by atoms with Crippen molar-refractivity contribution in [1.82, 2.24) is 9.97 Å². The molecule has 2 atom stereocenters. The highest BCUT2D eigenvalue weighted by Gasteiger charge is 2.45. The second-order valence-electron chi connectivity index (χ2n) is 5.77. The van der Waals surface area contributed by atoms with Gasteiger partial charge in [-0.3, -0.25) is 0 Å². The number of nitrogens with zero attached hydrogens (tertiary/aromatic N) is 3. The predicted octanol–water partition coefficient (Wildman–Crippen LogP) is 1.65. The quantitative estimate of drug-likeness (QED) is 0.848. The molecule has 3 rings (SSSR count). The minimum atomic E-state index is -0.148. The third-order valence-corrected chi connectivity index (χ3v) is 4.68. The van der Waals surface area contributed by atoms with Gasteiger partial charge in [-0.05, 0) is 25.7 Å². The Morgan fingerprint density at radius 3 is 2.84 bits per heavy atom. The second kappa shape index (κ2) is 4.96. The number of aliphatic hydroxyl groups excluding tert-OH is 1. The summed E-state index contributed by atoms with van der Waals surface area (Å²) < 4.78 is 0. The Balaban J connectivity index is 1.85. The van der Waals surface area contributed by atoms with Gasteiger partial charge in [0.25, 0.3) is 0 Å². The van der Waals surface area contributed by atoms with Gasteiger partial charge in [-0.1, -0.05) is 6.42 Å². The Labute approximate surface area is 114 Å². The average molecular weight is 262 g/mol. The first-order chi connectivity index (χ1) is 9.25. The Bertz CT molecular complexity index is 453. The molecule has 2 heterocycles. The molecule has 5 nitrogen and oxygen atoms in total. The molecule has 1 spiro atoms. The highest BCUT2D eigenvalue weighted by atomic mass is 16.3. The molecular formula is C14H22N4O. The molecule has 2 N–H and O–H groups in total. The summed E-state index contributed by atoms with van der Waals surface area (Å²) in [6, 6.07) is 0. The molecule has 1 aliphatic heterocycles. The van der Waals surface area contributed by atoms with Crippen LogP contribution in [0.15, 0.2) is 12.4 Å². The first-order valence-electron chi connectivity index (χ1n) is 7.17. The molecule has 0 amide bonds. The van der Waals surface area contributed by atoms with Crippen LogP contribution in [0.25, 0.3) is 0 Å². The van der Waals surface area contributed by atoms with Crippen molar-refractivity contribution >= 4 is 11.6 Å². The van der Waals surface area contributed by atoms with Crippen LogP contribution >= 0.6 is 0 Å². The zero-order chi connectivity index (χ0) is 13.3. The molecule has 1 aliphatic carbocycles. The van der Waals surface area contributed by atoms with Crippen LogP contribution in [-0.2, 0) is 0 Å². The molecule has 1 saturated carbocycles. The largest absolute Gasteiger partial charge is 0.392 e. The molecule has 0 unspecified atom stereocenters. The maximum absolute atomic E-state index is 10.3. The van der Waals surface area contributed by atoms with Gasteiger partial charge in [0, 0.05) is 37.9 Å². The van der Waals surface area contributed by atoms with Gasteiger partial charge in [-0.15, -0.1) is 0 Å². The van der Waals surface area contributed by atoms with E-state index >= 15 is 0 Å². The molecule has 19 heavy (non-hydrogen) atoms. The van der Waals surface area contributed by atoms with Crippen LogP contribution in [0.3, 0.4) is 0 Å². The third-order valence-electron chi connectivity index (χ3n) is 4.68. The maximum Gasteiger partial charge on any atom is 0.171 e. The molecular weight excluding hydrogens is 240 g/mol. The van der Waals surface area contributed by atoms with Crippen molar-refractivity contribution in [3.8, 4) is 0 Å². The number of nitrogens with one attached hydrogen (secondary N) is 1. The molecule has 0 radical (unpaired) electrons. The summed E-state index contributed by atoms with van der Waals surface area (Å²) in [6.07, 6.45) is 8.80. The zero-order valence-corrected chi connectivity index (χ0v) is 11.5. The first-order valence-corrected chi connectivity index (χ1v) is 7.17. The van der Waals surface area contributed by atoms with Gasteiger partial charge in [-0.2, -0.15) is 0 Å². The number of rotatable bonds is 2. The number of aliphatic hydroxyl groups is 1. The van der Waals surface area contributed by atoms with Crippen molar-refractivity contribution in [3.63, 3.8) is 0 Å². The van der Waals surface area contributed by atoms with Gasteiger partial charge in [0.15, 0.2) is 11.6 Å². The fourth-order valence-electron chi connectivity index (χ4n) is 3.68. The molecule has 1 aromatic rings. The molecule has 104 valence electrons. The van der Waals surface area contributed by atoms with Crippen LogP contribution in [-0.4, -0.2) is 41.3 Å². The molecule has 5 heteroatoms. The van der Waals surface area contributed by atoms with Gasteiger partial charge < -0.3 is 15.3 Å². The summed E-state index contributed by atoms with van der Waals surface area (Å²) in [4.78, 5) is 11.1. The van der Waals surface area contributed by atoms with E-state index in [0.717, 1.165) is 56.8 Å². The van der Waals surface area contributed by atoms with E-state index in [1.165, 1.54) is 0 Å². The second-order valence-corrected chi connectivity index (χ2v) is 5.77. The van der Waals surface area contributed by atoms with Gasteiger partial charge in [0.1, 0.15) is 0 Å². The molecule has 2 fully saturated rings. The predicted molar refractivity (Wildman–Crippen MR) is 75.3 cm³/mol. The van der Waals surface area contributed by atoms with Gasteiger partial charge in [-0.25, -0.2) is 9.97 Å². The number of aromatic nitrogens is 2. The fraction of sp³-hybridized carbons (Fsp3) is 0.714. The molecule has 0 bridgehead atoms. The lowest BCUT2D eigenvalue weighted by molar-refractivity contribution is 0.0408. The van der Waals surface area contributed by atoms with Crippen molar-refractivity contribution in [3.05, 3.63) is 12.4 Å². The molecule has 1 saturated heterocycles. The average Bonchev–Trinajstić information content (AvgIpc) is 2.79. The Morgan fingerprint density at radius 1 is 1.32 bits per heavy atom. The van der Waals surface area contributed by atoms with Crippen molar-refractivity contribution in [2.24, 2.45) is 5.41 Å². The number of piperidine rings is 1. The van der Waals surface area contributed by atoms with E-state index in [1.54, 1.807) is 12.4 Å². The van der Waals surface area contributed by atoms with Crippen molar-refractivity contribution in [1.29, 1.82) is 0 Å². The highest BCUT2D eigenvalue weighted by molar-refractivity contribution is 5.60. The standard InChI is InChI=1S/C14H22N4O/c1-15-12-13(17-8-7-16-12)18-9-3-6-14(10-18)5-2-4-11(14)19/h7-8,11,19H,2-6,9-10H2,1H3,(H,15,16)/t11-,14-/m1/s1. The summed E-state index contributed by atoms with van der Waals surface area (Å²) in [5.74, 6) is 1.75. The normalized spacial score (nSPS) is 30.8. The number of hydrogen-bond donors (Lipinski definition) is 2. The smallest absolute Gasteiger partial charge is 0.171 e. The van der Waals surface area contributed by atoms with Gasteiger partial charge in [0.2, 0.25) is 0 Å². The van der Waals surface area contributed by atoms with Crippen molar-refractivity contribution < 1.29 is 5.11 Å². The number of hydrogen-bond acceptors (Lipinski definition) is 5. The van der Waals surface area contributed by atoms with Crippen LogP contribution in [0.2, 0.25) is 0 Å². The van der Waals surface area contributed by atoms with Crippen molar-refractivity contribution in [2.75, 3.05) is 30.4 Å². The highest BCUT2D eigenvalue weighted by Crippen LogP contribution is 2.46. The first kappa shape index (κ1) is 12.7. The van der Waals surface area contributed by atoms with E-state index < -0.39 is 0 Å². The minimum absolute atomic E-state index is 0.0841. The van der Waals surface area contributed by atoms with Crippen LogP contribution in [0.5, 0.6) is 0 Å². The summed E-state index contributed by atoms with van der Waals surface area (Å²) in [5.41, 5.74) is 0.0841. The van der Waals surface area contributed by atoms with Crippen LogP contribution in [0.4, 0.5) is 11.6 Å². The van der Waals surface area contributed by atoms with E-state index in [4.69, 9.17) is 0 Å². The summed E-state index contributed by atoms with van der Waals surface area (Å²) in [6.45, 7) is 1.91. The number of anilines is 2. The maximum atomic E-state index is 10.3. The zero-order valence-electron chi connectivity index (χ0n) is 11.5. The Morgan fingerprint density at radius 2 is 2.11 bits per heavy atom. The van der Waals surface area contributed by atoms with E-state index in [2.05, 4.69) is 20.2 Å². The topological polar surface area (TPSA) is 61.3 Å². The third kappa shape index (κ3) is 2.16. The molecule has 2 aliphatic rings. The lowest BCUT2D eigenvalue weighted by Gasteiger charge is -2.43. The van der Waals surface area contributed by atoms with Crippen LogP contribution in [0, 0.1) is 5.41 Å². The summed E-state index contributed by atoms with van der Waals surface area (Å²) in [7, 11) is 1.87. The van der Waals surface area contributed by atoms with E-state index in [1.807, 2.05) is 7.05 Å². The fourth-order valence-corrected chi connectivity index (χ4v) is 3.68. The van der Waals surface area contributed by atoms with Crippen LogP contribution in [0.1, 0.15) is 32.1 Å². The summed E-state index contributed by atoms with van der Waals surface area (Å²) >= 11 is 0. The van der Waals surface area contributed by atoms with Gasteiger partial charge in [0.05, 0.1) is 6.10 Å². The SMILES string of the molecule is CNc1nccnc1N1CCC[C@]2(CCC[C@H]2O)C1. The van der Waals surface area contributed by atoms with Gasteiger partial charge >= 0.3 is 0 Å². The van der Waals surface area contributed by atoms with Crippen LogP contribution < -0.4 is 10.2 Å². The van der Waals surface area contributed by atoms with E-state index in [-0.39, 0.29) is 11.5 Å². The molecule has 1 aromatic heterocycles. The lowest BCUT2D eigenvalue weighted by Crippen LogP contribution is -2.47. The lowest BCUT2D eigenvalue weighted by atomic mass is 9.77. The monoisotopic (exact) mass is 262 g/mol.